The normalized spacial score (nSPS) is 24.1. The predicted molar refractivity (Wildman–Crippen MR) is 79.9 cm³/mol. The maximum Gasteiger partial charge on any atom is 0.253 e. The summed E-state index contributed by atoms with van der Waals surface area (Å²) in [6.45, 7) is 8.16. The predicted octanol–water partition coefficient (Wildman–Crippen LogP) is 1.11. The average molecular weight is 273 g/mol. The summed E-state index contributed by atoms with van der Waals surface area (Å²) in [7, 11) is 0. The Morgan fingerprint density at radius 1 is 1.25 bits per heavy atom. The lowest BCUT2D eigenvalue weighted by atomic mass is 10.1. The van der Waals surface area contributed by atoms with Crippen molar-refractivity contribution in [1.29, 1.82) is 0 Å². The fourth-order valence-corrected chi connectivity index (χ4v) is 3.23. The number of rotatable bonds is 2. The summed E-state index contributed by atoms with van der Waals surface area (Å²) >= 11 is 0. The zero-order valence-electron chi connectivity index (χ0n) is 12.1. The monoisotopic (exact) mass is 273 g/mol. The lowest BCUT2D eigenvalue weighted by Gasteiger charge is -2.32. The van der Waals surface area contributed by atoms with Gasteiger partial charge < -0.3 is 10.2 Å². The molecule has 1 unspecified atom stereocenters. The largest absolute Gasteiger partial charge is 0.337 e. The van der Waals surface area contributed by atoms with Gasteiger partial charge in [0.1, 0.15) is 0 Å². The van der Waals surface area contributed by atoms with E-state index in [1.54, 1.807) is 0 Å². The summed E-state index contributed by atoms with van der Waals surface area (Å²) in [6, 6.07) is 8.45. The highest BCUT2D eigenvalue weighted by Gasteiger charge is 2.31. The molecule has 2 heterocycles. The second kappa shape index (κ2) is 5.94. The van der Waals surface area contributed by atoms with Gasteiger partial charge in [-0.25, -0.2) is 0 Å². The van der Waals surface area contributed by atoms with Gasteiger partial charge in [0.15, 0.2) is 0 Å². The highest BCUT2D eigenvalue weighted by atomic mass is 16.2. The molecule has 4 nitrogen and oxygen atoms in total. The van der Waals surface area contributed by atoms with E-state index in [4.69, 9.17) is 0 Å². The van der Waals surface area contributed by atoms with Crippen LogP contribution in [0.25, 0.3) is 0 Å². The van der Waals surface area contributed by atoms with Gasteiger partial charge in [0, 0.05) is 50.9 Å². The molecular formula is C16H23N3O. The van der Waals surface area contributed by atoms with E-state index in [9.17, 15) is 4.79 Å². The number of nitrogens with one attached hydrogen (secondary N) is 1. The minimum Gasteiger partial charge on any atom is -0.337 e. The van der Waals surface area contributed by atoms with Crippen molar-refractivity contribution in [2.24, 2.45) is 0 Å². The molecule has 1 amide bonds. The molecule has 2 aliphatic heterocycles. The summed E-state index contributed by atoms with van der Waals surface area (Å²) in [5.74, 6) is 0.186. The van der Waals surface area contributed by atoms with Crippen LogP contribution in [0.2, 0.25) is 0 Å². The van der Waals surface area contributed by atoms with E-state index in [-0.39, 0.29) is 5.91 Å². The first-order chi connectivity index (χ1) is 9.74. The second-order valence-electron chi connectivity index (χ2n) is 5.85. The van der Waals surface area contributed by atoms with Crippen LogP contribution >= 0.6 is 0 Å². The van der Waals surface area contributed by atoms with Gasteiger partial charge in [-0.3, -0.25) is 9.69 Å². The molecule has 0 aromatic heterocycles. The molecule has 0 bridgehead atoms. The van der Waals surface area contributed by atoms with Crippen LogP contribution in [-0.4, -0.2) is 61.0 Å². The molecule has 1 aromatic carbocycles. The summed E-state index contributed by atoms with van der Waals surface area (Å²) in [4.78, 5) is 17.1. The fraction of sp³-hybridized carbons (Fsp3) is 0.562. The van der Waals surface area contributed by atoms with Crippen LogP contribution in [0.3, 0.4) is 0 Å². The first kappa shape index (κ1) is 13.6. The average Bonchev–Trinajstić information content (AvgIpc) is 2.97. The van der Waals surface area contributed by atoms with Crippen molar-refractivity contribution >= 4 is 5.91 Å². The minimum atomic E-state index is 0.186. The Morgan fingerprint density at radius 2 is 2.05 bits per heavy atom. The highest BCUT2D eigenvalue weighted by molar-refractivity contribution is 5.94. The molecule has 1 N–H and O–H groups in total. The molecule has 1 atom stereocenters. The lowest BCUT2D eigenvalue weighted by molar-refractivity contribution is 0.0773. The van der Waals surface area contributed by atoms with Crippen LogP contribution in [0.5, 0.6) is 0 Å². The van der Waals surface area contributed by atoms with Crippen LogP contribution in [-0.2, 0) is 0 Å². The number of nitrogens with zero attached hydrogens (tertiary/aromatic N) is 2. The van der Waals surface area contributed by atoms with Crippen molar-refractivity contribution in [3.8, 4) is 0 Å². The van der Waals surface area contributed by atoms with Gasteiger partial charge in [0.05, 0.1) is 0 Å². The summed E-state index contributed by atoms with van der Waals surface area (Å²) < 4.78 is 0. The van der Waals surface area contributed by atoms with Crippen LogP contribution < -0.4 is 5.32 Å². The Morgan fingerprint density at radius 3 is 2.80 bits per heavy atom. The Balaban J connectivity index is 1.63. The molecule has 0 radical (unpaired) electrons. The minimum absolute atomic E-state index is 0.186. The maximum atomic E-state index is 12.5. The number of piperazine rings is 1. The number of carbonyl (C=O) groups excluding carboxylic acids is 1. The summed E-state index contributed by atoms with van der Waals surface area (Å²) in [5, 5.41) is 3.38. The standard InChI is InChI=1S/C16H23N3O/c1-13-3-2-4-14(11-13)16(20)19-8-5-15(12-19)18-9-6-17-7-10-18/h2-4,11,15,17H,5-10,12H2,1H3. The van der Waals surface area contributed by atoms with Crippen molar-refractivity contribution in [2.45, 2.75) is 19.4 Å². The lowest BCUT2D eigenvalue weighted by Crippen LogP contribution is -2.49. The Hall–Kier alpha value is -1.39. The number of likely N-dealkylation sites (tertiary alicyclic amines) is 1. The van der Waals surface area contributed by atoms with Crippen LogP contribution in [0.4, 0.5) is 0 Å². The molecule has 3 rings (SSSR count). The van der Waals surface area contributed by atoms with E-state index in [2.05, 4.69) is 10.2 Å². The molecular weight excluding hydrogens is 250 g/mol. The first-order valence-corrected chi connectivity index (χ1v) is 7.55. The van der Waals surface area contributed by atoms with Crippen molar-refractivity contribution in [1.82, 2.24) is 15.1 Å². The van der Waals surface area contributed by atoms with E-state index >= 15 is 0 Å². The molecule has 0 aliphatic carbocycles. The number of hydrogen-bond donors (Lipinski definition) is 1. The van der Waals surface area contributed by atoms with E-state index < -0.39 is 0 Å². The van der Waals surface area contributed by atoms with Gasteiger partial charge in [0.25, 0.3) is 5.91 Å². The molecule has 1 aromatic rings. The quantitative estimate of drug-likeness (QED) is 0.877. The van der Waals surface area contributed by atoms with Gasteiger partial charge in [-0.05, 0) is 25.5 Å². The Bertz CT molecular complexity index is 482. The number of carbonyl (C=O) groups is 1. The molecule has 20 heavy (non-hydrogen) atoms. The van der Waals surface area contributed by atoms with Crippen LogP contribution in [0.15, 0.2) is 24.3 Å². The third-order valence-electron chi connectivity index (χ3n) is 4.38. The third-order valence-corrected chi connectivity index (χ3v) is 4.38. The van der Waals surface area contributed by atoms with Gasteiger partial charge in [0.2, 0.25) is 0 Å². The number of amides is 1. The Kier molecular flexibility index (Phi) is 4.03. The van der Waals surface area contributed by atoms with Crippen molar-refractivity contribution in [2.75, 3.05) is 39.3 Å². The van der Waals surface area contributed by atoms with E-state index in [0.29, 0.717) is 6.04 Å². The van der Waals surface area contributed by atoms with Crippen molar-refractivity contribution < 1.29 is 4.79 Å². The van der Waals surface area contributed by atoms with Crippen molar-refractivity contribution in [3.05, 3.63) is 35.4 Å². The molecule has 2 fully saturated rings. The molecule has 2 saturated heterocycles. The molecule has 4 heteroatoms. The van der Waals surface area contributed by atoms with E-state index in [1.807, 2.05) is 36.1 Å². The maximum absolute atomic E-state index is 12.5. The van der Waals surface area contributed by atoms with Gasteiger partial charge in [-0.1, -0.05) is 17.7 Å². The highest BCUT2D eigenvalue weighted by Crippen LogP contribution is 2.19. The SMILES string of the molecule is Cc1cccc(C(=O)N2CCC(N3CCNCC3)C2)c1. The first-order valence-electron chi connectivity index (χ1n) is 7.55. The van der Waals surface area contributed by atoms with Gasteiger partial charge in [-0.15, -0.1) is 0 Å². The van der Waals surface area contributed by atoms with Crippen molar-refractivity contribution in [3.63, 3.8) is 0 Å². The molecule has 108 valence electrons. The topological polar surface area (TPSA) is 35.6 Å². The number of aryl methyl sites for hydroxylation is 1. The Labute approximate surface area is 120 Å². The smallest absolute Gasteiger partial charge is 0.253 e. The summed E-state index contributed by atoms with van der Waals surface area (Å²) in [6.07, 6.45) is 1.11. The van der Waals surface area contributed by atoms with Crippen LogP contribution in [0, 0.1) is 6.92 Å². The number of hydrogen-bond acceptors (Lipinski definition) is 3. The zero-order valence-corrected chi connectivity index (χ0v) is 12.1. The van der Waals surface area contributed by atoms with Gasteiger partial charge in [-0.2, -0.15) is 0 Å². The fourth-order valence-electron chi connectivity index (χ4n) is 3.23. The van der Waals surface area contributed by atoms with Gasteiger partial charge >= 0.3 is 0 Å². The van der Waals surface area contributed by atoms with Crippen LogP contribution in [0.1, 0.15) is 22.3 Å². The third kappa shape index (κ3) is 2.86. The van der Waals surface area contributed by atoms with E-state index in [1.165, 1.54) is 0 Å². The zero-order chi connectivity index (χ0) is 13.9. The summed E-state index contributed by atoms with van der Waals surface area (Å²) in [5.41, 5.74) is 1.97. The molecule has 0 saturated carbocycles. The molecule has 2 aliphatic rings. The molecule has 0 spiro atoms. The number of benzene rings is 1. The van der Waals surface area contributed by atoms with E-state index in [0.717, 1.165) is 56.8 Å². The second-order valence-corrected chi connectivity index (χ2v) is 5.85.